The van der Waals surface area contributed by atoms with Gasteiger partial charge in [-0.15, -0.1) is 0 Å². The first kappa shape index (κ1) is 14.7. The maximum absolute atomic E-state index is 6.11. The second-order valence-corrected chi connectivity index (χ2v) is 5.32. The van der Waals surface area contributed by atoms with Crippen molar-refractivity contribution >= 4 is 17.4 Å². The molecule has 2 aromatic heterocycles. The minimum Gasteiger partial charge on any atom is -0.352 e. The van der Waals surface area contributed by atoms with Gasteiger partial charge in [0.25, 0.3) is 0 Å². The number of aromatic nitrogens is 3. The summed E-state index contributed by atoms with van der Waals surface area (Å²) >= 11 is 6.11. The van der Waals surface area contributed by atoms with Gasteiger partial charge in [0.2, 0.25) is 0 Å². The zero-order chi connectivity index (χ0) is 14.5. The van der Waals surface area contributed by atoms with E-state index in [1.54, 1.807) is 12.4 Å². The van der Waals surface area contributed by atoms with E-state index >= 15 is 0 Å². The molecule has 2 aromatic rings. The molecule has 0 bridgehead atoms. The highest BCUT2D eigenvalue weighted by molar-refractivity contribution is 6.29. The Bertz CT molecular complexity index is 557. The van der Waals surface area contributed by atoms with Crippen LogP contribution in [-0.2, 0) is 6.54 Å². The topological polar surface area (TPSA) is 41.9 Å². The van der Waals surface area contributed by atoms with Gasteiger partial charge in [-0.3, -0.25) is 4.98 Å². The quantitative estimate of drug-likeness (QED) is 0.788. The number of pyridine rings is 1. The minimum absolute atomic E-state index is 0.257. The molecule has 2 rings (SSSR count). The van der Waals surface area contributed by atoms with Gasteiger partial charge in [0.1, 0.15) is 16.8 Å². The van der Waals surface area contributed by atoms with E-state index in [0.29, 0.717) is 5.15 Å². The highest BCUT2D eigenvalue weighted by atomic mass is 35.5. The van der Waals surface area contributed by atoms with Gasteiger partial charge < -0.3 is 4.90 Å². The SMILES string of the molecule is CCN(Cc1ccncc1)c1cc(Cl)nc(C(C)C)n1. The Morgan fingerprint density at radius 3 is 2.50 bits per heavy atom. The highest BCUT2D eigenvalue weighted by Gasteiger charge is 2.12. The predicted molar refractivity (Wildman–Crippen MR) is 82.1 cm³/mol. The van der Waals surface area contributed by atoms with E-state index in [-0.39, 0.29) is 5.92 Å². The largest absolute Gasteiger partial charge is 0.352 e. The lowest BCUT2D eigenvalue weighted by Crippen LogP contribution is -2.23. The fourth-order valence-electron chi connectivity index (χ4n) is 1.91. The number of hydrogen-bond acceptors (Lipinski definition) is 4. The zero-order valence-corrected chi connectivity index (χ0v) is 12.8. The molecule has 4 nitrogen and oxygen atoms in total. The van der Waals surface area contributed by atoms with Crippen LogP contribution in [0.5, 0.6) is 0 Å². The maximum Gasteiger partial charge on any atom is 0.135 e. The number of rotatable bonds is 5. The molecular formula is C15H19ClN4. The van der Waals surface area contributed by atoms with Crippen molar-refractivity contribution in [3.63, 3.8) is 0 Å². The maximum atomic E-state index is 6.11. The average Bonchev–Trinajstić information content (AvgIpc) is 2.45. The van der Waals surface area contributed by atoms with Gasteiger partial charge in [-0.05, 0) is 24.6 Å². The van der Waals surface area contributed by atoms with E-state index in [1.165, 1.54) is 5.56 Å². The third-order valence-corrected chi connectivity index (χ3v) is 3.24. The van der Waals surface area contributed by atoms with Crippen LogP contribution in [-0.4, -0.2) is 21.5 Å². The molecule has 0 saturated carbocycles. The lowest BCUT2D eigenvalue weighted by molar-refractivity contribution is 0.747. The number of nitrogens with zero attached hydrogens (tertiary/aromatic N) is 4. The minimum atomic E-state index is 0.257. The fraction of sp³-hybridized carbons (Fsp3) is 0.400. The van der Waals surface area contributed by atoms with Gasteiger partial charge in [0.15, 0.2) is 0 Å². The second-order valence-electron chi connectivity index (χ2n) is 4.93. The van der Waals surface area contributed by atoms with E-state index in [9.17, 15) is 0 Å². The molecule has 0 radical (unpaired) electrons. The molecule has 2 heterocycles. The summed E-state index contributed by atoms with van der Waals surface area (Å²) in [6.45, 7) is 7.87. The summed E-state index contributed by atoms with van der Waals surface area (Å²) in [6.07, 6.45) is 3.60. The zero-order valence-electron chi connectivity index (χ0n) is 12.0. The fourth-order valence-corrected chi connectivity index (χ4v) is 2.09. The van der Waals surface area contributed by atoms with Crippen molar-refractivity contribution in [1.82, 2.24) is 15.0 Å². The second kappa shape index (κ2) is 6.66. The van der Waals surface area contributed by atoms with Gasteiger partial charge in [0, 0.05) is 37.5 Å². The summed E-state index contributed by atoms with van der Waals surface area (Å²) in [5.41, 5.74) is 1.20. The van der Waals surface area contributed by atoms with E-state index in [0.717, 1.165) is 24.7 Å². The van der Waals surface area contributed by atoms with E-state index in [1.807, 2.05) is 18.2 Å². The molecule has 0 aliphatic heterocycles. The smallest absolute Gasteiger partial charge is 0.135 e. The Kier molecular flexibility index (Phi) is 4.90. The molecule has 20 heavy (non-hydrogen) atoms. The molecule has 0 aliphatic carbocycles. The van der Waals surface area contributed by atoms with Gasteiger partial charge in [0.05, 0.1) is 0 Å². The van der Waals surface area contributed by atoms with Crippen LogP contribution < -0.4 is 4.90 Å². The summed E-state index contributed by atoms with van der Waals surface area (Å²) in [5, 5.41) is 0.492. The van der Waals surface area contributed by atoms with Crippen molar-refractivity contribution in [3.05, 3.63) is 47.1 Å². The number of hydrogen-bond donors (Lipinski definition) is 0. The molecule has 0 saturated heterocycles. The highest BCUT2D eigenvalue weighted by Crippen LogP contribution is 2.21. The van der Waals surface area contributed by atoms with Crippen molar-refractivity contribution < 1.29 is 0 Å². The predicted octanol–water partition coefficient (Wildman–Crippen LogP) is 3.67. The third kappa shape index (κ3) is 3.67. The lowest BCUT2D eigenvalue weighted by atomic mass is 10.2. The first-order chi connectivity index (χ1) is 9.60. The first-order valence-corrected chi connectivity index (χ1v) is 7.16. The van der Waals surface area contributed by atoms with Gasteiger partial charge >= 0.3 is 0 Å². The van der Waals surface area contributed by atoms with Crippen LogP contribution in [0.25, 0.3) is 0 Å². The molecule has 0 aromatic carbocycles. The molecule has 0 aliphatic rings. The van der Waals surface area contributed by atoms with Crippen LogP contribution in [0.15, 0.2) is 30.6 Å². The molecule has 0 N–H and O–H groups in total. The molecule has 106 valence electrons. The summed E-state index contributed by atoms with van der Waals surface area (Å²) in [7, 11) is 0. The Balaban J connectivity index is 2.27. The van der Waals surface area contributed by atoms with E-state index in [4.69, 9.17) is 11.6 Å². The Labute approximate surface area is 124 Å². The van der Waals surface area contributed by atoms with Crippen LogP contribution >= 0.6 is 11.6 Å². The van der Waals surface area contributed by atoms with Crippen molar-refractivity contribution in [2.24, 2.45) is 0 Å². The standard InChI is InChI=1S/C15H19ClN4/c1-4-20(10-12-5-7-17-8-6-12)14-9-13(16)18-15(19-14)11(2)3/h5-9,11H,4,10H2,1-3H3. The number of halogens is 1. The van der Waals surface area contributed by atoms with Crippen molar-refractivity contribution in [2.45, 2.75) is 33.2 Å². The summed E-state index contributed by atoms with van der Waals surface area (Å²) in [6, 6.07) is 5.84. The molecule has 0 spiro atoms. The first-order valence-electron chi connectivity index (χ1n) is 6.78. The normalized spacial score (nSPS) is 10.8. The van der Waals surface area contributed by atoms with Crippen molar-refractivity contribution in [1.29, 1.82) is 0 Å². The molecule has 0 amide bonds. The molecule has 0 atom stereocenters. The number of anilines is 1. The summed E-state index contributed by atoms with van der Waals surface area (Å²) < 4.78 is 0. The summed E-state index contributed by atoms with van der Waals surface area (Å²) in [5.74, 6) is 1.90. The summed E-state index contributed by atoms with van der Waals surface area (Å²) in [4.78, 5) is 15.1. The molecule has 0 fully saturated rings. The Morgan fingerprint density at radius 2 is 1.90 bits per heavy atom. The van der Waals surface area contributed by atoms with E-state index < -0.39 is 0 Å². The van der Waals surface area contributed by atoms with Crippen LogP contribution in [0.2, 0.25) is 5.15 Å². The van der Waals surface area contributed by atoms with Crippen molar-refractivity contribution in [3.8, 4) is 0 Å². The van der Waals surface area contributed by atoms with Crippen LogP contribution in [0, 0.1) is 0 Å². The van der Waals surface area contributed by atoms with Crippen LogP contribution in [0.4, 0.5) is 5.82 Å². The Hall–Kier alpha value is -1.68. The third-order valence-electron chi connectivity index (χ3n) is 3.04. The Morgan fingerprint density at radius 1 is 1.20 bits per heavy atom. The lowest BCUT2D eigenvalue weighted by Gasteiger charge is -2.23. The molecule has 0 unspecified atom stereocenters. The molecule has 5 heteroatoms. The monoisotopic (exact) mass is 290 g/mol. The van der Waals surface area contributed by atoms with Gasteiger partial charge in [-0.1, -0.05) is 25.4 Å². The van der Waals surface area contributed by atoms with Crippen LogP contribution in [0.1, 0.15) is 38.1 Å². The van der Waals surface area contributed by atoms with E-state index in [2.05, 4.69) is 40.6 Å². The molecular weight excluding hydrogens is 272 g/mol. The van der Waals surface area contributed by atoms with Gasteiger partial charge in [-0.2, -0.15) is 0 Å². The van der Waals surface area contributed by atoms with Crippen LogP contribution in [0.3, 0.4) is 0 Å². The van der Waals surface area contributed by atoms with Crippen molar-refractivity contribution in [2.75, 3.05) is 11.4 Å². The van der Waals surface area contributed by atoms with Gasteiger partial charge in [-0.25, -0.2) is 9.97 Å². The average molecular weight is 291 g/mol.